The number of amides is 1. The molecule has 0 radical (unpaired) electrons. The van der Waals surface area contributed by atoms with Crippen molar-refractivity contribution < 1.29 is 9.53 Å². The fraction of sp³-hybridized carbons (Fsp3) is 0.533. The van der Waals surface area contributed by atoms with Gasteiger partial charge in [-0.2, -0.15) is 0 Å². The molecule has 1 saturated heterocycles. The van der Waals surface area contributed by atoms with Crippen molar-refractivity contribution in [2.45, 2.75) is 32.7 Å². The zero-order chi connectivity index (χ0) is 14.5. The van der Waals surface area contributed by atoms with E-state index in [0.29, 0.717) is 18.0 Å². The number of carbonyl (C=O) groups excluding carboxylic acids is 1. The Morgan fingerprint density at radius 3 is 2.80 bits per heavy atom. The summed E-state index contributed by atoms with van der Waals surface area (Å²) in [5, 5.41) is 3.19. The monoisotopic (exact) mass is 277 g/mol. The van der Waals surface area contributed by atoms with Crippen LogP contribution in [-0.2, 0) is 4.79 Å². The van der Waals surface area contributed by atoms with Gasteiger partial charge in [-0.05, 0) is 38.8 Å². The van der Waals surface area contributed by atoms with Crippen molar-refractivity contribution in [2.75, 3.05) is 30.7 Å². The topological polar surface area (TPSA) is 67.6 Å². The molecule has 1 unspecified atom stereocenters. The average molecular weight is 277 g/mol. The summed E-state index contributed by atoms with van der Waals surface area (Å²) in [6, 6.07) is 5.28. The normalized spacial score (nSPS) is 16.0. The zero-order valence-corrected chi connectivity index (χ0v) is 12.2. The first kappa shape index (κ1) is 14.5. The molecule has 20 heavy (non-hydrogen) atoms. The van der Waals surface area contributed by atoms with Gasteiger partial charge < -0.3 is 20.7 Å². The summed E-state index contributed by atoms with van der Waals surface area (Å²) in [5.74, 6) is 0.780. The lowest BCUT2D eigenvalue weighted by molar-refractivity contribution is -0.130. The van der Waals surface area contributed by atoms with E-state index in [0.717, 1.165) is 31.6 Å². The van der Waals surface area contributed by atoms with E-state index in [1.54, 1.807) is 0 Å². The largest absolute Gasteiger partial charge is 0.492 e. The minimum absolute atomic E-state index is 0.128. The van der Waals surface area contributed by atoms with Crippen LogP contribution in [0.4, 0.5) is 11.4 Å². The lowest BCUT2D eigenvalue weighted by atomic mass is 10.2. The maximum atomic E-state index is 12.3. The van der Waals surface area contributed by atoms with Crippen LogP contribution in [0.2, 0.25) is 0 Å². The Morgan fingerprint density at radius 2 is 2.15 bits per heavy atom. The van der Waals surface area contributed by atoms with Gasteiger partial charge in [-0.1, -0.05) is 6.07 Å². The number of ether oxygens (including phenoxy) is 1. The molecule has 5 nitrogen and oxygen atoms in total. The molecule has 3 N–H and O–H groups in total. The molecule has 1 heterocycles. The third kappa shape index (κ3) is 3.15. The number of hydrogen-bond donors (Lipinski definition) is 2. The van der Waals surface area contributed by atoms with E-state index in [1.165, 1.54) is 0 Å². The maximum absolute atomic E-state index is 12.3. The number of anilines is 2. The van der Waals surface area contributed by atoms with Crippen molar-refractivity contribution in [3.63, 3.8) is 0 Å². The molecule has 0 spiro atoms. The summed E-state index contributed by atoms with van der Waals surface area (Å²) < 4.78 is 5.46. The molecule has 1 aromatic carbocycles. The smallest absolute Gasteiger partial charge is 0.244 e. The molecular weight excluding hydrogens is 254 g/mol. The summed E-state index contributed by atoms with van der Waals surface area (Å²) in [5.41, 5.74) is 7.36. The molecule has 1 atom stereocenters. The van der Waals surface area contributed by atoms with Crippen molar-refractivity contribution in [1.29, 1.82) is 0 Å². The third-order valence-corrected chi connectivity index (χ3v) is 3.53. The van der Waals surface area contributed by atoms with Crippen LogP contribution in [0, 0.1) is 0 Å². The van der Waals surface area contributed by atoms with E-state index in [-0.39, 0.29) is 11.9 Å². The fourth-order valence-electron chi connectivity index (χ4n) is 2.46. The van der Waals surface area contributed by atoms with Gasteiger partial charge >= 0.3 is 0 Å². The summed E-state index contributed by atoms with van der Waals surface area (Å²) in [4.78, 5) is 14.2. The van der Waals surface area contributed by atoms with E-state index >= 15 is 0 Å². The number of para-hydroxylation sites is 1. The second-order valence-electron chi connectivity index (χ2n) is 5.05. The minimum Gasteiger partial charge on any atom is -0.492 e. The van der Waals surface area contributed by atoms with Crippen LogP contribution in [0.1, 0.15) is 26.7 Å². The number of carbonyl (C=O) groups is 1. The number of rotatable bonds is 5. The minimum atomic E-state index is -0.285. The maximum Gasteiger partial charge on any atom is 0.244 e. The molecule has 1 aromatic rings. The van der Waals surface area contributed by atoms with Crippen molar-refractivity contribution in [3.8, 4) is 5.75 Å². The predicted octanol–water partition coefficient (Wildman–Crippen LogP) is 2.09. The molecule has 5 heteroatoms. The molecule has 0 aromatic heterocycles. The van der Waals surface area contributed by atoms with Crippen LogP contribution in [-0.4, -0.2) is 36.5 Å². The van der Waals surface area contributed by atoms with E-state index in [9.17, 15) is 4.79 Å². The Balaban J connectivity index is 2.05. The highest BCUT2D eigenvalue weighted by Gasteiger charge is 2.23. The van der Waals surface area contributed by atoms with Crippen molar-refractivity contribution in [2.24, 2.45) is 0 Å². The highest BCUT2D eigenvalue weighted by molar-refractivity contribution is 5.86. The van der Waals surface area contributed by atoms with Crippen molar-refractivity contribution >= 4 is 17.3 Å². The van der Waals surface area contributed by atoms with Crippen LogP contribution in [0.5, 0.6) is 5.75 Å². The molecule has 0 saturated carbocycles. The molecular formula is C15H23N3O2. The third-order valence-electron chi connectivity index (χ3n) is 3.53. The summed E-state index contributed by atoms with van der Waals surface area (Å²) in [6.45, 7) is 6.07. The quantitative estimate of drug-likeness (QED) is 0.809. The van der Waals surface area contributed by atoms with E-state index in [1.807, 2.05) is 36.9 Å². The van der Waals surface area contributed by atoms with E-state index < -0.39 is 0 Å². The Labute approximate surface area is 120 Å². The van der Waals surface area contributed by atoms with Gasteiger partial charge in [-0.3, -0.25) is 4.79 Å². The van der Waals surface area contributed by atoms with Gasteiger partial charge in [0, 0.05) is 13.1 Å². The molecule has 0 bridgehead atoms. The summed E-state index contributed by atoms with van der Waals surface area (Å²) >= 11 is 0. The van der Waals surface area contributed by atoms with Crippen LogP contribution >= 0.6 is 0 Å². The second-order valence-corrected chi connectivity index (χ2v) is 5.05. The van der Waals surface area contributed by atoms with Gasteiger partial charge in [-0.15, -0.1) is 0 Å². The average Bonchev–Trinajstić information content (AvgIpc) is 2.96. The highest BCUT2D eigenvalue weighted by atomic mass is 16.5. The van der Waals surface area contributed by atoms with Crippen LogP contribution in [0.3, 0.4) is 0 Å². The molecule has 110 valence electrons. The van der Waals surface area contributed by atoms with Crippen LogP contribution in [0.25, 0.3) is 0 Å². The number of nitrogens with zero attached hydrogens (tertiary/aromatic N) is 1. The lowest BCUT2D eigenvalue weighted by Gasteiger charge is -2.23. The number of benzene rings is 1. The highest BCUT2D eigenvalue weighted by Crippen LogP contribution is 2.30. The number of hydrogen-bond acceptors (Lipinski definition) is 4. The first-order valence-electron chi connectivity index (χ1n) is 7.20. The van der Waals surface area contributed by atoms with E-state index in [2.05, 4.69) is 5.32 Å². The fourth-order valence-corrected chi connectivity index (χ4v) is 2.46. The summed E-state index contributed by atoms with van der Waals surface area (Å²) in [7, 11) is 0. The number of nitrogens with two attached hydrogens (primary N) is 1. The molecule has 1 aliphatic heterocycles. The van der Waals surface area contributed by atoms with Gasteiger partial charge in [-0.25, -0.2) is 0 Å². The Bertz CT molecular complexity index is 470. The molecule has 1 fully saturated rings. The number of likely N-dealkylation sites (tertiary alicyclic amines) is 1. The standard InChI is InChI=1S/C15H23N3O2/c1-3-20-13-8-6-7-12(14(13)16)17-11(2)15(19)18-9-4-5-10-18/h6-8,11,17H,3-5,9-10,16H2,1-2H3. The first-order valence-corrected chi connectivity index (χ1v) is 7.20. The Kier molecular flexibility index (Phi) is 4.71. The summed E-state index contributed by atoms with van der Waals surface area (Å²) in [6.07, 6.45) is 2.20. The van der Waals surface area contributed by atoms with Gasteiger partial charge in [0.25, 0.3) is 0 Å². The predicted molar refractivity (Wildman–Crippen MR) is 80.9 cm³/mol. The Hall–Kier alpha value is -1.91. The molecule has 1 aliphatic rings. The Morgan fingerprint density at radius 1 is 1.45 bits per heavy atom. The van der Waals surface area contributed by atoms with Gasteiger partial charge in [0.05, 0.1) is 18.0 Å². The second kappa shape index (κ2) is 6.50. The van der Waals surface area contributed by atoms with Crippen molar-refractivity contribution in [1.82, 2.24) is 4.90 Å². The first-order chi connectivity index (χ1) is 9.63. The van der Waals surface area contributed by atoms with Crippen molar-refractivity contribution in [3.05, 3.63) is 18.2 Å². The molecule has 2 rings (SSSR count). The zero-order valence-electron chi connectivity index (χ0n) is 12.2. The number of nitrogen functional groups attached to an aromatic ring is 1. The molecule has 0 aliphatic carbocycles. The van der Waals surface area contributed by atoms with E-state index in [4.69, 9.17) is 10.5 Å². The molecule has 1 amide bonds. The van der Waals surface area contributed by atoms with Crippen LogP contribution in [0.15, 0.2) is 18.2 Å². The lowest BCUT2D eigenvalue weighted by Crippen LogP contribution is -2.39. The van der Waals surface area contributed by atoms with Gasteiger partial charge in [0.2, 0.25) is 5.91 Å². The number of nitrogens with one attached hydrogen (secondary N) is 1. The van der Waals surface area contributed by atoms with Gasteiger partial charge in [0.1, 0.15) is 11.8 Å². The van der Waals surface area contributed by atoms with Crippen LogP contribution < -0.4 is 15.8 Å². The SMILES string of the molecule is CCOc1cccc(NC(C)C(=O)N2CCCC2)c1N. The van der Waals surface area contributed by atoms with Gasteiger partial charge in [0.15, 0.2) is 0 Å².